The summed E-state index contributed by atoms with van der Waals surface area (Å²) in [5.41, 5.74) is 2.71. The maximum atomic E-state index is 11.5. The number of H-pyrrole nitrogens is 1. The minimum atomic E-state index is -0.132. The van der Waals surface area contributed by atoms with Crippen LogP contribution in [0.3, 0.4) is 0 Å². The monoisotopic (exact) mass is 293 g/mol. The topological polar surface area (TPSA) is 75.6 Å². The quantitative estimate of drug-likeness (QED) is 0.815. The van der Waals surface area contributed by atoms with Gasteiger partial charge in [0.05, 0.1) is 5.69 Å². The van der Waals surface area contributed by atoms with Gasteiger partial charge >= 0.3 is 0 Å². The highest BCUT2D eigenvalue weighted by Gasteiger charge is 2.15. The maximum Gasteiger partial charge on any atom is 0.251 e. The van der Waals surface area contributed by atoms with E-state index in [1.54, 1.807) is 0 Å². The number of aromatic nitrogens is 4. The smallest absolute Gasteiger partial charge is 0.251 e. The Morgan fingerprint density at radius 1 is 1.45 bits per heavy atom. The van der Waals surface area contributed by atoms with Crippen molar-refractivity contribution in [3.63, 3.8) is 0 Å². The molecule has 2 N–H and O–H groups in total. The van der Waals surface area contributed by atoms with Crippen LogP contribution in [0.15, 0.2) is 21.0 Å². The molecule has 108 valence electrons. The van der Waals surface area contributed by atoms with E-state index in [-0.39, 0.29) is 5.56 Å². The lowest BCUT2D eigenvalue weighted by Gasteiger charge is -2.06. The summed E-state index contributed by atoms with van der Waals surface area (Å²) in [6.07, 6.45) is 0. The number of aryl methyl sites for hydroxylation is 3. The summed E-state index contributed by atoms with van der Waals surface area (Å²) in [6.45, 7) is 7.53. The number of hydrogen-bond acceptors (Lipinski definition) is 5. The Morgan fingerprint density at radius 3 is 2.85 bits per heavy atom. The van der Waals surface area contributed by atoms with Gasteiger partial charge in [0.2, 0.25) is 0 Å². The van der Waals surface area contributed by atoms with E-state index in [0.29, 0.717) is 10.9 Å². The first-order valence-corrected chi connectivity index (χ1v) is 7.32. The minimum Gasteiger partial charge on any atom is -0.313 e. The van der Waals surface area contributed by atoms with Crippen molar-refractivity contribution in [1.82, 2.24) is 25.1 Å². The fraction of sp³-hybridized carbons (Fsp3) is 0.462. The van der Waals surface area contributed by atoms with Gasteiger partial charge in [0.1, 0.15) is 5.03 Å². The molecule has 0 atom stereocenters. The lowest BCUT2D eigenvalue weighted by molar-refractivity contribution is 0.672. The van der Waals surface area contributed by atoms with Crippen molar-refractivity contribution >= 4 is 11.8 Å². The Balaban J connectivity index is 2.34. The van der Waals surface area contributed by atoms with E-state index in [1.165, 1.54) is 17.8 Å². The third-order valence-corrected chi connectivity index (χ3v) is 3.97. The molecule has 2 aromatic rings. The van der Waals surface area contributed by atoms with Crippen molar-refractivity contribution < 1.29 is 0 Å². The van der Waals surface area contributed by atoms with Crippen LogP contribution in [-0.4, -0.2) is 26.3 Å². The van der Waals surface area contributed by atoms with E-state index in [4.69, 9.17) is 0 Å². The van der Waals surface area contributed by atoms with Gasteiger partial charge in [-0.25, -0.2) is 4.98 Å². The molecule has 0 saturated heterocycles. The molecule has 2 rings (SSSR count). The van der Waals surface area contributed by atoms with Crippen molar-refractivity contribution in [2.75, 3.05) is 6.54 Å². The summed E-state index contributed by atoms with van der Waals surface area (Å²) in [4.78, 5) is 18.6. The third kappa shape index (κ3) is 3.29. The Hall–Kier alpha value is -1.60. The third-order valence-electron chi connectivity index (χ3n) is 2.88. The van der Waals surface area contributed by atoms with E-state index < -0.39 is 0 Å². The molecule has 0 saturated carbocycles. The fourth-order valence-electron chi connectivity index (χ4n) is 1.95. The van der Waals surface area contributed by atoms with Crippen molar-refractivity contribution in [1.29, 1.82) is 0 Å². The Kier molecular flexibility index (Phi) is 4.61. The number of hydrogen-bond donors (Lipinski definition) is 2. The molecular weight excluding hydrogens is 274 g/mol. The second kappa shape index (κ2) is 6.23. The molecule has 0 unspecified atom stereocenters. The average molecular weight is 293 g/mol. The summed E-state index contributed by atoms with van der Waals surface area (Å²) in [6, 6.07) is 1.48. The molecule has 0 spiro atoms. The van der Waals surface area contributed by atoms with E-state index in [2.05, 4.69) is 27.3 Å². The molecule has 20 heavy (non-hydrogen) atoms. The van der Waals surface area contributed by atoms with Crippen LogP contribution in [-0.2, 0) is 13.6 Å². The predicted molar refractivity (Wildman–Crippen MR) is 79.0 cm³/mol. The molecule has 0 amide bonds. The first kappa shape index (κ1) is 14.8. The minimum absolute atomic E-state index is 0.132. The summed E-state index contributed by atoms with van der Waals surface area (Å²) >= 11 is 1.43. The summed E-state index contributed by atoms with van der Waals surface area (Å²) in [5.74, 6) is 0. The first-order chi connectivity index (χ1) is 9.51. The largest absolute Gasteiger partial charge is 0.313 e. The highest BCUT2D eigenvalue weighted by Crippen LogP contribution is 2.29. The molecule has 2 heterocycles. The van der Waals surface area contributed by atoms with E-state index in [1.807, 2.05) is 25.6 Å². The number of aromatic amines is 1. The maximum absolute atomic E-state index is 11.5. The number of rotatable bonds is 5. The second-order valence-electron chi connectivity index (χ2n) is 4.57. The van der Waals surface area contributed by atoms with Gasteiger partial charge in [-0.3, -0.25) is 9.48 Å². The Labute approximate surface area is 122 Å². The fourth-order valence-corrected chi connectivity index (χ4v) is 2.99. The van der Waals surface area contributed by atoms with Gasteiger partial charge in [0.25, 0.3) is 5.56 Å². The molecule has 0 aromatic carbocycles. The average Bonchev–Trinajstić information content (AvgIpc) is 2.61. The molecule has 0 fully saturated rings. The van der Waals surface area contributed by atoms with Gasteiger partial charge in [-0.05, 0) is 32.2 Å². The standard InChI is InChI=1S/C13H19N5OS/c1-5-14-7-10-9(3)17-18(4)12(10)20-13-15-8(2)6-11(19)16-13/h6,14H,5,7H2,1-4H3,(H,15,16,19). The molecular formula is C13H19N5OS. The van der Waals surface area contributed by atoms with Gasteiger partial charge in [0, 0.05) is 30.9 Å². The molecule has 6 nitrogen and oxygen atoms in total. The van der Waals surface area contributed by atoms with E-state index >= 15 is 0 Å². The van der Waals surface area contributed by atoms with E-state index in [0.717, 1.165) is 29.4 Å². The normalized spacial score (nSPS) is 11.0. The van der Waals surface area contributed by atoms with Crippen molar-refractivity contribution in [3.05, 3.63) is 33.4 Å². The highest BCUT2D eigenvalue weighted by molar-refractivity contribution is 7.99. The summed E-state index contributed by atoms with van der Waals surface area (Å²) < 4.78 is 1.83. The van der Waals surface area contributed by atoms with Gasteiger partial charge in [-0.1, -0.05) is 6.92 Å². The van der Waals surface area contributed by atoms with Crippen LogP contribution in [0.1, 0.15) is 23.9 Å². The molecule has 2 aromatic heterocycles. The zero-order valence-corrected chi connectivity index (χ0v) is 13.0. The lowest BCUT2D eigenvalue weighted by atomic mass is 10.2. The van der Waals surface area contributed by atoms with Crippen LogP contribution in [0.2, 0.25) is 0 Å². The van der Waals surface area contributed by atoms with Crippen LogP contribution in [0.4, 0.5) is 0 Å². The molecule has 0 radical (unpaired) electrons. The highest BCUT2D eigenvalue weighted by atomic mass is 32.2. The molecule has 0 aliphatic rings. The molecule has 0 aliphatic heterocycles. The second-order valence-corrected chi connectivity index (χ2v) is 5.54. The van der Waals surface area contributed by atoms with Crippen LogP contribution in [0.25, 0.3) is 0 Å². The zero-order valence-electron chi connectivity index (χ0n) is 12.1. The van der Waals surface area contributed by atoms with Gasteiger partial charge in [-0.15, -0.1) is 0 Å². The summed E-state index contributed by atoms with van der Waals surface area (Å²) in [5, 5.41) is 9.34. The number of nitrogens with one attached hydrogen (secondary N) is 2. The first-order valence-electron chi connectivity index (χ1n) is 6.50. The summed E-state index contributed by atoms with van der Waals surface area (Å²) in [7, 11) is 1.90. The van der Waals surface area contributed by atoms with Crippen LogP contribution in [0, 0.1) is 13.8 Å². The van der Waals surface area contributed by atoms with Gasteiger partial charge in [0.15, 0.2) is 5.16 Å². The SMILES string of the molecule is CCNCc1c(C)nn(C)c1Sc1nc(C)cc(=O)[nH]1. The Bertz CT molecular complexity index is 661. The zero-order chi connectivity index (χ0) is 14.7. The Morgan fingerprint density at radius 2 is 2.20 bits per heavy atom. The predicted octanol–water partition coefficient (Wildman–Crippen LogP) is 1.38. The van der Waals surface area contributed by atoms with Gasteiger partial charge < -0.3 is 10.3 Å². The lowest BCUT2D eigenvalue weighted by Crippen LogP contribution is -2.13. The van der Waals surface area contributed by atoms with Crippen molar-refractivity contribution in [3.8, 4) is 0 Å². The van der Waals surface area contributed by atoms with Crippen LogP contribution < -0.4 is 10.9 Å². The van der Waals surface area contributed by atoms with E-state index in [9.17, 15) is 4.79 Å². The molecule has 7 heteroatoms. The molecule has 0 aliphatic carbocycles. The van der Waals surface area contributed by atoms with Crippen molar-refractivity contribution in [2.45, 2.75) is 37.5 Å². The number of nitrogens with zero attached hydrogens (tertiary/aromatic N) is 3. The van der Waals surface area contributed by atoms with Crippen LogP contribution in [0.5, 0.6) is 0 Å². The van der Waals surface area contributed by atoms with Crippen molar-refractivity contribution in [2.24, 2.45) is 7.05 Å². The molecule has 0 bridgehead atoms. The van der Waals surface area contributed by atoms with Crippen LogP contribution >= 0.6 is 11.8 Å². The van der Waals surface area contributed by atoms with Gasteiger partial charge in [-0.2, -0.15) is 5.10 Å².